The van der Waals surface area contributed by atoms with Crippen LogP contribution in [0.25, 0.3) is 0 Å². The Labute approximate surface area is 117 Å². The second-order valence-electron chi connectivity index (χ2n) is 5.53. The van der Waals surface area contributed by atoms with E-state index in [9.17, 15) is 4.39 Å². The Morgan fingerprint density at radius 3 is 2.53 bits per heavy atom. The van der Waals surface area contributed by atoms with Crippen molar-refractivity contribution in [3.05, 3.63) is 35.6 Å². The SMILES string of the molecule is CCCNCC(Cc1ccccc1F)C(C)CCC. The molecule has 0 amide bonds. The standard InChI is InChI=1S/C17H28FN/c1-4-8-14(3)16(13-19-11-5-2)12-15-9-6-7-10-17(15)18/h6-7,9-10,14,16,19H,4-5,8,11-13H2,1-3H3. The maximum atomic E-state index is 13.8. The molecule has 0 saturated heterocycles. The zero-order chi connectivity index (χ0) is 14.1. The van der Waals surface area contributed by atoms with Crippen molar-refractivity contribution in [1.29, 1.82) is 0 Å². The largest absolute Gasteiger partial charge is 0.316 e. The predicted molar refractivity (Wildman–Crippen MR) is 80.8 cm³/mol. The molecular weight excluding hydrogens is 237 g/mol. The summed E-state index contributed by atoms with van der Waals surface area (Å²) in [5.74, 6) is 1.09. The van der Waals surface area contributed by atoms with Crippen molar-refractivity contribution in [1.82, 2.24) is 5.32 Å². The van der Waals surface area contributed by atoms with Gasteiger partial charge in [0, 0.05) is 0 Å². The minimum absolute atomic E-state index is 0.0633. The summed E-state index contributed by atoms with van der Waals surface area (Å²) in [6.45, 7) is 8.73. The smallest absolute Gasteiger partial charge is 0.126 e. The lowest BCUT2D eigenvalue weighted by molar-refractivity contribution is 0.315. The molecule has 1 nitrogen and oxygen atoms in total. The average Bonchev–Trinajstić information content (AvgIpc) is 2.40. The van der Waals surface area contributed by atoms with Crippen LogP contribution in [-0.4, -0.2) is 13.1 Å². The second-order valence-corrected chi connectivity index (χ2v) is 5.53. The summed E-state index contributed by atoms with van der Waals surface area (Å²) in [7, 11) is 0. The Bertz CT molecular complexity index is 351. The maximum absolute atomic E-state index is 13.8. The van der Waals surface area contributed by atoms with Gasteiger partial charge in [0.15, 0.2) is 0 Å². The molecule has 0 radical (unpaired) electrons. The van der Waals surface area contributed by atoms with Gasteiger partial charge in [-0.25, -0.2) is 4.39 Å². The molecule has 0 aliphatic heterocycles. The van der Waals surface area contributed by atoms with Crippen LogP contribution in [0.3, 0.4) is 0 Å². The maximum Gasteiger partial charge on any atom is 0.126 e. The Kier molecular flexibility index (Phi) is 7.73. The predicted octanol–water partition coefficient (Wildman–Crippen LogP) is 4.42. The number of hydrogen-bond donors (Lipinski definition) is 1. The van der Waals surface area contributed by atoms with Crippen molar-refractivity contribution in [2.45, 2.75) is 46.5 Å². The second kappa shape index (κ2) is 9.08. The molecule has 2 heteroatoms. The summed E-state index contributed by atoms with van der Waals surface area (Å²) >= 11 is 0. The van der Waals surface area contributed by atoms with E-state index in [1.807, 2.05) is 12.1 Å². The van der Waals surface area contributed by atoms with E-state index in [1.54, 1.807) is 12.1 Å². The number of halogens is 1. The summed E-state index contributed by atoms with van der Waals surface area (Å²) in [5.41, 5.74) is 0.855. The van der Waals surface area contributed by atoms with Crippen LogP contribution in [0.5, 0.6) is 0 Å². The first-order chi connectivity index (χ1) is 9.19. The molecule has 0 aliphatic carbocycles. The molecule has 0 bridgehead atoms. The van der Waals surface area contributed by atoms with Crippen LogP contribution in [-0.2, 0) is 6.42 Å². The first kappa shape index (κ1) is 16.2. The Morgan fingerprint density at radius 2 is 1.89 bits per heavy atom. The molecule has 1 aromatic rings. The van der Waals surface area contributed by atoms with E-state index >= 15 is 0 Å². The van der Waals surface area contributed by atoms with Crippen LogP contribution in [0.15, 0.2) is 24.3 Å². The lowest BCUT2D eigenvalue weighted by Crippen LogP contribution is -2.29. The molecule has 2 unspecified atom stereocenters. The number of nitrogens with one attached hydrogen (secondary N) is 1. The molecule has 0 spiro atoms. The molecule has 1 aromatic carbocycles. The normalized spacial score (nSPS) is 14.3. The summed E-state index contributed by atoms with van der Waals surface area (Å²) in [5, 5.41) is 3.49. The molecule has 108 valence electrons. The van der Waals surface area contributed by atoms with E-state index in [-0.39, 0.29) is 5.82 Å². The van der Waals surface area contributed by atoms with Gasteiger partial charge in [0.05, 0.1) is 0 Å². The van der Waals surface area contributed by atoms with Crippen molar-refractivity contribution in [2.75, 3.05) is 13.1 Å². The number of hydrogen-bond acceptors (Lipinski definition) is 1. The van der Waals surface area contributed by atoms with Gasteiger partial charge in [-0.05, 0) is 49.4 Å². The van der Waals surface area contributed by atoms with Crippen LogP contribution in [0, 0.1) is 17.7 Å². The van der Waals surface area contributed by atoms with E-state index < -0.39 is 0 Å². The summed E-state index contributed by atoms with van der Waals surface area (Å²) < 4.78 is 13.8. The monoisotopic (exact) mass is 265 g/mol. The van der Waals surface area contributed by atoms with Gasteiger partial charge in [0.25, 0.3) is 0 Å². The van der Waals surface area contributed by atoms with E-state index in [4.69, 9.17) is 0 Å². The van der Waals surface area contributed by atoms with Gasteiger partial charge in [-0.1, -0.05) is 51.8 Å². The zero-order valence-corrected chi connectivity index (χ0v) is 12.6. The highest BCUT2D eigenvalue weighted by Gasteiger charge is 2.18. The van der Waals surface area contributed by atoms with Gasteiger partial charge in [0.1, 0.15) is 5.82 Å². The highest BCUT2D eigenvalue weighted by Crippen LogP contribution is 2.22. The van der Waals surface area contributed by atoms with Crippen LogP contribution in [0.1, 0.15) is 45.6 Å². The molecule has 1 N–H and O–H groups in total. The van der Waals surface area contributed by atoms with Gasteiger partial charge in [-0.2, -0.15) is 0 Å². The first-order valence-corrected chi connectivity index (χ1v) is 7.63. The first-order valence-electron chi connectivity index (χ1n) is 7.63. The zero-order valence-electron chi connectivity index (χ0n) is 12.6. The molecule has 0 heterocycles. The molecule has 2 atom stereocenters. The molecular formula is C17H28FN. The van der Waals surface area contributed by atoms with E-state index in [2.05, 4.69) is 26.1 Å². The fourth-order valence-corrected chi connectivity index (χ4v) is 2.58. The molecule has 0 aromatic heterocycles. The van der Waals surface area contributed by atoms with Gasteiger partial charge < -0.3 is 5.32 Å². The average molecular weight is 265 g/mol. The highest BCUT2D eigenvalue weighted by molar-refractivity contribution is 5.18. The van der Waals surface area contributed by atoms with Gasteiger partial charge in [0.2, 0.25) is 0 Å². The van der Waals surface area contributed by atoms with Gasteiger partial charge in [-0.15, -0.1) is 0 Å². The van der Waals surface area contributed by atoms with Crippen molar-refractivity contribution in [2.24, 2.45) is 11.8 Å². The lowest BCUT2D eigenvalue weighted by atomic mass is 9.85. The van der Waals surface area contributed by atoms with Gasteiger partial charge >= 0.3 is 0 Å². The summed E-state index contributed by atoms with van der Waals surface area (Å²) in [4.78, 5) is 0. The van der Waals surface area contributed by atoms with Crippen LogP contribution >= 0.6 is 0 Å². The summed E-state index contributed by atoms with van der Waals surface area (Å²) in [6.07, 6.45) is 4.40. The Morgan fingerprint density at radius 1 is 1.16 bits per heavy atom. The van der Waals surface area contributed by atoms with Crippen LogP contribution in [0.4, 0.5) is 4.39 Å². The van der Waals surface area contributed by atoms with Gasteiger partial charge in [-0.3, -0.25) is 0 Å². The molecule has 0 saturated carbocycles. The quantitative estimate of drug-likeness (QED) is 0.652. The van der Waals surface area contributed by atoms with Crippen LogP contribution < -0.4 is 5.32 Å². The Hall–Kier alpha value is -0.890. The number of benzene rings is 1. The van der Waals surface area contributed by atoms with E-state index in [0.717, 1.165) is 31.5 Å². The fourth-order valence-electron chi connectivity index (χ4n) is 2.58. The molecule has 0 aliphatic rings. The fraction of sp³-hybridized carbons (Fsp3) is 0.647. The Balaban J connectivity index is 2.64. The third-order valence-corrected chi connectivity index (χ3v) is 3.82. The molecule has 1 rings (SSSR count). The van der Waals surface area contributed by atoms with Crippen molar-refractivity contribution in [3.8, 4) is 0 Å². The van der Waals surface area contributed by atoms with Crippen LogP contribution in [0.2, 0.25) is 0 Å². The highest BCUT2D eigenvalue weighted by atomic mass is 19.1. The summed E-state index contributed by atoms with van der Waals surface area (Å²) in [6, 6.07) is 7.18. The number of rotatable bonds is 9. The topological polar surface area (TPSA) is 12.0 Å². The molecule has 0 fully saturated rings. The molecule has 19 heavy (non-hydrogen) atoms. The third kappa shape index (κ3) is 5.73. The van der Waals surface area contributed by atoms with E-state index in [0.29, 0.717) is 11.8 Å². The van der Waals surface area contributed by atoms with Crippen molar-refractivity contribution in [3.63, 3.8) is 0 Å². The van der Waals surface area contributed by atoms with Crippen molar-refractivity contribution >= 4 is 0 Å². The van der Waals surface area contributed by atoms with E-state index in [1.165, 1.54) is 12.8 Å². The van der Waals surface area contributed by atoms with Crippen molar-refractivity contribution < 1.29 is 4.39 Å². The minimum atomic E-state index is -0.0633. The third-order valence-electron chi connectivity index (χ3n) is 3.82. The lowest BCUT2D eigenvalue weighted by Gasteiger charge is -2.24. The minimum Gasteiger partial charge on any atom is -0.316 e.